The van der Waals surface area contributed by atoms with Gasteiger partial charge >= 0.3 is 0 Å². The van der Waals surface area contributed by atoms with Gasteiger partial charge in [-0.3, -0.25) is 19.8 Å². The minimum atomic E-state index is -4.18. The summed E-state index contributed by atoms with van der Waals surface area (Å²) in [5.74, 6) is -0.536. The summed E-state index contributed by atoms with van der Waals surface area (Å²) in [7, 11) is -4.18. The Morgan fingerprint density at radius 3 is 1.40 bits per heavy atom. The molecule has 248 valence electrons. The van der Waals surface area contributed by atoms with E-state index in [2.05, 4.69) is 19.3 Å². The summed E-state index contributed by atoms with van der Waals surface area (Å²) in [5, 5.41) is 1.55. The van der Waals surface area contributed by atoms with E-state index in [1.54, 1.807) is 11.2 Å². The van der Waals surface area contributed by atoms with Crippen LogP contribution in [0.15, 0.2) is 12.4 Å². The monoisotopic (exact) mass is 613 g/mol. The molecule has 0 saturated heterocycles. The number of hydrogen-bond acceptors (Lipinski definition) is 5. The van der Waals surface area contributed by atoms with Crippen molar-refractivity contribution in [3.63, 3.8) is 0 Å². The van der Waals surface area contributed by atoms with Gasteiger partial charge in [0, 0.05) is 25.4 Å². The topological polar surface area (TPSA) is 90.0 Å². The lowest BCUT2D eigenvalue weighted by Gasteiger charge is -2.31. The van der Waals surface area contributed by atoms with E-state index in [9.17, 15) is 17.8 Å². The molecule has 0 aromatic carbocycles. The van der Waals surface area contributed by atoms with Gasteiger partial charge in [0.2, 0.25) is 5.91 Å². The van der Waals surface area contributed by atoms with E-state index in [1.165, 1.54) is 128 Å². The molecule has 1 unspecified atom stereocenters. The van der Waals surface area contributed by atoms with Gasteiger partial charge in [0.1, 0.15) is 11.9 Å². The summed E-state index contributed by atoms with van der Waals surface area (Å²) >= 11 is 0. The molecule has 1 rings (SSSR count). The van der Waals surface area contributed by atoms with Crippen LogP contribution in [0.25, 0.3) is 0 Å². The predicted octanol–water partition coefficient (Wildman–Crippen LogP) is 9.50. The first-order chi connectivity index (χ1) is 20.4. The van der Waals surface area contributed by atoms with Crippen LogP contribution in [0.4, 0.5) is 0 Å². The van der Waals surface area contributed by atoms with Crippen LogP contribution in [0.5, 0.6) is 0 Å². The zero-order valence-electron chi connectivity index (χ0n) is 27.5. The Bertz CT molecular complexity index is 775. The lowest BCUT2D eigenvalue weighted by molar-refractivity contribution is -0.126. The third-order valence-electron chi connectivity index (χ3n) is 8.51. The van der Waals surface area contributed by atoms with E-state index in [-0.39, 0.29) is 5.91 Å². The number of carbonyl (C=O) groups excluding carboxylic acids is 1. The highest BCUT2D eigenvalue weighted by atomic mass is 32.2. The van der Waals surface area contributed by atoms with Gasteiger partial charge in [0.25, 0.3) is 10.1 Å². The molecule has 0 aromatic rings. The van der Waals surface area contributed by atoms with E-state index in [1.807, 2.05) is 11.1 Å². The molecule has 8 heteroatoms. The summed E-state index contributed by atoms with van der Waals surface area (Å²) in [6, 6.07) is 0. The Morgan fingerprint density at radius 2 is 1.00 bits per heavy atom. The predicted molar refractivity (Wildman–Crippen MR) is 177 cm³/mol. The van der Waals surface area contributed by atoms with E-state index >= 15 is 0 Å². The Hall–Kier alpha value is -1.28. The molecule has 1 aliphatic rings. The molecule has 0 saturated carbocycles. The van der Waals surface area contributed by atoms with Crippen molar-refractivity contribution in [2.24, 2.45) is 0 Å². The second kappa shape index (κ2) is 26.2. The van der Waals surface area contributed by atoms with E-state index in [0.717, 1.165) is 32.1 Å². The summed E-state index contributed by atoms with van der Waals surface area (Å²) < 4.78 is 32.9. The smallest absolute Gasteiger partial charge is 0.268 e. The Kier molecular flexibility index (Phi) is 24.1. The van der Waals surface area contributed by atoms with Crippen LogP contribution >= 0.6 is 0 Å². The fourth-order valence-corrected chi connectivity index (χ4v) is 6.58. The van der Waals surface area contributed by atoms with Crippen LogP contribution in [-0.2, 0) is 14.9 Å². The van der Waals surface area contributed by atoms with Gasteiger partial charge in [-0.1, -0.05) is 162 Å². The molecule has 1 heterocycles. The minimum Gasteiger partial charge on any atom is -0.354 e. The number of hydrazine groups is 1. The lowest BCUT2D eigenvalue weighted by Crippen LogP contribution is -2.51. The molecule has 0 aliphatic carbocycles. The Labute approximate surface area is 260 Å². The van der Waals surface area contributed by atoms with Gasteiger partial charge in [-0.2, -0.15) is 8.42 Å². The maximum absolute atomic E-state index is 12.6. The molecule has 0 spiro atoms. The average molecular weight is 614 g/mol. The average Bonchev–Trinajstić information content (AvgIpc) is 3.30. The summed E-state index contributed by atoms with van der Waals surface area (Å²) in [4.78, 5) is 14.5. The van der Waals surface area contributed by atoms with Crippen molar-refractivity contribution in [2.45, 2.75) is 187 Å². The highest BCUT2D eigenvalue weighted by Crippen LogP contribution is 2.19. The highest BCUT2D eigenvalue weighted by molar-refractivity contribution is 7.85. The molecule has 1 atom stereocenters. The van der Waals surface area contributed by atoms with Crippen molar-refractivity contribution >= 4 is 16.0 Å². The van der Waals surface area contributed by atoms with Gasteiger partial charge in [0.05, 0.1) is 0 Å². The number of carbonyl (C=O) groups is 1. The molecule has 0 bridgehead atoms. The molecule has 0 aromatic heterocycles. The van der Waals surface area contributed by atoms with Crippen molar-refractivity contribution in [3.05, 3.63) is 12.4 Å². The van der Waals surface area contributed by atoms with Crippen molar-refractivity contribution in [3.8, 4) is 0 Å². The maximum atomic E-state index is 12.6. The van der Waals surface area contributed by atoms with Gasteiger partial charge in [-0.05, 0) is 12.8 Å². The molecule has 1 aliphatic heterocycles. The fraction of sp³-hybridized carbons (Fsp3) is 0.912. The van der Waals surface area contributed by atoms with Crippen LogP contribution < -0.4 is 5.43 Å². The van der Waals surface area contributed by atoms with Gasteiger partial charge in [-0.15, -0.1) is 0 Å². The van der Waals surface area contributed by atoms with Gasteiger partial charge in [-0.25, -0.2) is 0 Å². The molecule has 42 heavy (non-hydrogen) atoms. The van der Waals surface area contributed by atoms with Crippen molar-refractivity contribution in [1.29, 1.82) is 0 Å². The number of rotatable bonds is 30. The van der Waals surface area contributed by atoms with E-state index in [0.29, 0.717) is 13.0 Å². The highest BCUT2D eigenvalue weighted by Gasteiger charge is 2.31. The Morgan fingerprint density at radius 1 is 0.619 bits per heavy atom. The van der Waals surface area contributed by atoms with Gasteiger partial charge < -0.3 is 4.90 Å². The second-order valence-electron chi connectivity index (χ2n) is 12.6. The van der Waals surface area contributed by atoms with Crippen LogP contribution in [0, 0.1) is 0 Å². The number of hydrogen-bond donors (Lipinski definition) is 2. The number of unbranched alkanes of at least 4 members (excludes halogenated alkanes) is 23. The fourth-order valence-electron chi connectivity index (χ4n) is 5.85. The first-order valence-electron chi connectivity index (χ1n) is 17.8. The molecular weight excluding hydrogens is 546 g/mol. The molecule has 0 fully saturated rings. The minimum absolute atomic E-state index is 0.102. The third kappa shape index (κ3) is 22.3. The largest absolute Gasteiger partial charge is 0.354 e. The second-order valence-corrected chi connectivity index (χ2v) is 14.1. The van der Waals surface area contributed by atoms with Crippen molar-refractivity contribution < 1.29 is 17.8 Å². The zero-order chi connectivity index (χ0) is 30.7. The van der Waals surface area contributed by atoms with Crippen molar-refractivity contribution in [1.82, 2.24) is 15.3 Å². The number of amides is 1. The normalized spacial score (nSPS) is 15.2. The van der Waals surface area contributed by atoms with E-state index in [4.69, 9.17) is 0 Å². The van der Waals surface area contributed by atoms with Crippen LogP contribution in [0.3, 0.4) is 0 Å². The summed E-state index contributed by atoms with van der Waals surface area (Å²) in [6.45, 7) is 5.20. The van der Waals surface area contributed by atoms with E-state index < -0.39 is 22.0 Å². The van der Waals surface area contributed by atoms with Gasteiger partial charge in [0.15, 0.2) is 0 Å². The summed E-state index contributed by atoms with van der Waals surface area (Å²) in [5.41, 5.74) is 2.86. The molecule has 1 amide bonds. The lowest BCUT2D eigenvalue weighted by atomic mass is 10.0. The molecule has 0 radical (unpaired) electrons. The Balaban J connectivity index is 2.09. The quantitative estimate of drug-likeness (QED) is 0.0619. The van der Waals surface area contributed by atoms with Crippen LogP contribution in [0.2, 0.25) is 0 Å². The number of nitrogens with one attached hydrogen (secondary N) is 1. The standard InChI is InChI=1S/C34H67N3O4S/c1-3-5-7-9-11-13-14-15-16-17-18-19-20-21-22-24-26-28-33(38)35-37-31-30-36(34(37)32-42(39,40)41)29-27-25-23-12-10-8-6-4-2/h30-31,34H,3-29,32H2,1-2H3,(H,35,38)(H,39,40,41). The van der Waals surface area contributed by atoms with Crippen molar-refractivity contribution in [2.75, 3.05) is 12.3 Å². The molecule has 7 nitrogen and oxygen atoms in total. The summed E-state index contributed by atoms with van der Waals surface area (Å²) in [6.07, 6.45) is 35.2. The first-order valence-corrected chi connectivity index (χ1v) is 19.4. The third-order valence-corrected chi connectivity index (χ3v) is 9.23. The maximum Gasteiger partial charge on any atom is 0.268 e. The SMILES string of the molecule is CCCCCCCCCCCCCCCCCCCC(=O)NN1C=CN(CCCCCCCCCC)C1CS(=O)(=O)O. The molecular formula is C34H67N3O4S. The van der Waals surface area contributed by atoms with Crippen LogP contribution in [0.1, 0.15) is 181 Å². The molecule has 2 N–H and O–H groups in total. The first kappa shape index (κ1) is 38.7. The zero-order valence-corrected chi connectivity index (χ0v) is 28.3. The number of nitrogens with zero attached hydrogens (tertiary/aromatic N) is 2. The van der Waals surface area contributed by atoms with Crippen LogP contribution in [-0.4, -0.2) is 47.2 Å².